The average molecular weight is 349 g/mol. The maximum atomic E-state index is 12.3. The molecule has 23 heavy (non-hydrogen) atoms. The van der Waals surface area contributed by atoms with Crippen LogP contribution >= 0.6 is 23.1 Å². The van der Waals surface area contributed by atoms with Crippen molar-refractivity contribution >= 4 is 45.1 Å². The summed E-state index contributed by atoms with van der Waals surface area (Å²) < 4.78 is 11.0. The Morgan fingerprint density at radius 1 is 1.35 bits per heavy atom. The van der Waals surface area contributed by atoms with Gasteiger partial charge < -0.3 is 9.15 Å². The molecule has 0 radical (unpaired) electrons. The molecule has 0 aliphatic carbocycles. The number of benzene rings is 1. The summed E-state index contributed by atoms with van der Waals surface area (Å²) in [5, 5.41) is 11.2. The molecule has 0 spiro atoms. The van der Waals surface area contributed by atoms with Crippen molar-refractivity contribution in [3.8, 4) is 5.75 Å². The highest BCUT2D eigenvalue weighted by atomic mass is 32.2. The van der Waals surface area contributed by atoms with Crippen molar-refractivity contribution in [1.82, 2.24) is 10.2 Å². The molecule has 2 heterocycles. The third kappa shape index (κ3) is 3.20. The summed E-state index contributed by atoms with van der Waals surface area (Å²) in [5.74, 6) is 0.0127. The Morgan fingerprint density at radius 2 is 2.17 bits per heavy atom. The number of ether oxygens (including phenoxy) is 1. The molecule has 1 N–H and O–H groups in total. The average Bonchev–Trinajstić information content (AvgIpc) is 3.01. The molecule has 7 nitrogen and oxygen atoms in total. The van der Waals surface area contributed by atoms with Gasteiger partial charge >= 0.3 is 5.63 Å². The Morgan fingerprint density at radius 3 is 2.87 bits per heavy atom. The number of hydrogen-bond acceptors (Lipinski definition) is 8. The van der Waals surface area contributed by atoms with Gasteiger partial charge in [-0.15, -0.1) is 10.2 Å². The van der Waals surface area contributed by atoms with Crippen LogP contribution in [0.1, 0.15) is 10.4 Å². The number of nitrogens with zero attached hydrogens (tertiary/aromatic N) is 2. The predicted molar refractivity (Wildman–Crippen MR) is 88.7 cm³/mol. The summed E-state index contributed by atoms with van der Waals surface area (Å²) in [5.41, 5.74) is -0.436. The summed E-state index contributed by atoms with van der Waals surface area (Å²) in [6.45, 7) is 0. The quantitative estimate of drug-likeness (QED) is 0.439. The lowest BCUT2D eigenvalue weighted by molar-refractivity contribution is 0.102. The molecule has 0 atom stereocenters. The van der Waals surface area contributed by atoms with E-state index in [1.54, 1.807) is 18.2 Å². The first kappa shape index (κ1) is 15.5. The first-order valence-corrected chi connectivity index (χ1v) is 8.45. The zero-order valence-corrected chi connectivity index (χ0v) is 13.8. The smallest absolute Gasteiger partial charge is 0.349 e. The number of carbonyl (C=O) groups is 1. The van der Waals surface area contributed by atoms with Gasteiger partial charge in [-0.3, -0.25) is 10.1 Å². The van der Waals surface area contributed by atoms with Gasteiger partial charge in [-0.05, 0) is 30.5 Å². The Labute approximate surface area is 138 Å². The number of nitrogens with one attached hydrogen (secondary N) is 1. The lowest BCUT2D eigenvalue weighted by atomic mass is 10.1. The number of rotatable bonds is 4. The largest absolute Gasteiger partial charge is 0.497 e. The third-order valence-electron chi connectivity index (χ3n) is 2.99. The van der Waals surface area contributed by atoms with Crippen LogP contribution in [0.2, 0.25) is 0 Å². The number of carbonyl (C=O) groups excluding carboxylic acids is 1. The highest BCUT2D eigenvalue weighted by Gasteiger charge is 2.16. The minimum absolute atomic E-state index is 0.105. The normalized spacial score (nSPS) is 10.7. The summed E-state index contributed by atoms with van der Waals surface area (Å²) in [6.07, 6.45) is 1.86. The zero-order valence-electron chi connectivity index (χ0n) is 12.2. The van der Waals surface area contributed by atoms with Gasteiger partial charge in [0, 0.05) is 5.39 Å². The molecule has 9 heteroatoms. The van der Waals surface area contributed by atoms with Crippen LogP contribution < -0.4 is 15.7 Å². The fourth-order valence-electron chi connectivity index (χ4n) is 1.89. The minimum atomic E-state index is -0.713. The summed E-state index contributed by atoms with van der Waals surface area (Å²) in [7, 11) is 1.53. The molecular weight excluding hydrogens is 338 g/mol. The molecule has 2 aromatic heterocycles. The number of methoxy groups -OCH3 is 1. The molecule has 0 fully saturated rings. The molecule has 0 saturated heterocycles. The first-order chi connectivity index (χ1) is 11.1. The molecule has 1 aromatic carbocycles. The summed E-state index contributed by atoms with van der Waals surface area (Å²) >= 11 is 2.65. The van der Waals surface area contributed by atoms with Gasteiger partial charge in [0.15, 0.2) is 4.34 Å². The molecule has 0 bridgehead atoms. The standard InChI is InChI=1S/C14H11N3O4S2/c1-20-8-3-4-10-7(5-8)6-9(12(19)21-10)11(18)15-13-16-17-14(22-2)23-13/h3-6H,1-2H3,(H,15,16,18). The van der Waals surface area contributed by atoms with E-state index in [1.807, 2.05) is 6.26 Å². The summed E-state index contributed by atoms with van der Waals surface area (Å²) in [6, 6.07) is 6.45. The van der Waals surface area contributed by atoms with Crippen molar-refractivity contribution in [2.24, 2.45) is 0 Å². The van der Waals surface area contributed by atoms with Crippen LogP contribution in [0.15, 0.2) is 37.8 Å². The Bertz CT molecular complexity index is 935. The van der Waals surface area contributed by atoms with Crippen molar-refractivity contribution in [1.29, 1.82) is 0 Å². The third-order valence-corrected chi connectivity index (χ3v) is 4.80. The van der Waals surface area contributed by atoms with Gasteiger partial charge in [0.2, 0.25) is 5.13 Å². The molecule has 3 rings (SSSR count). The number of hydrogen-bond donors (Lipinski definition) is 1. The maximum Gasteiger partial charge on any atom is 0.349 e. The molecule has 0 saturated carbocycles. The number of amides is 1. The van der Waals surface area contributed by atoms with Crippen molar-refractivity contribution in [2.45, 2.75) is 4.34 Å². The fourth-order valence-corrected chi connectivity index (χ4v) is 3.06. The van der Waals surface area contributed by atoms with Gasteiger partial charge in [-0.1, -0.05) is 23.1 Å². The van der Waals surface area contributed by atoms with Crippen LogP contribution in [0.3, 0.4) is 0 Å². The van der Waals surface area contributed by atoms with E-state index < -0.39 is 11.5 Å². The van der Waals surface area contributed by atoms with E-state index in [4.69, 9.17) is 9.15 Å². The second-order valence-electron chi connectivity index (χ2n) is 4.38. The molecular formula is C14H11N3O4S2. The second kappa shape index (κ2) is 6.39. The topological polar surface area (TPSA) is 94.3 Å². The van der Waals surface area contributed by atoms with Gasteiger partial charge in [-0.25, -0.2) is 4.79 Å². The molecule has 1 amide bonds. The van der Waals surface area contributed by atoms with E-state index in [9.17, 15) is 9.59 Å². The highest BCUT2D eigenvalue weighted by molar-refractivity contribution is 8.00. The van der Waals surface area contributed by atoms with Gasteiger partial charge in [0.25, 0.3) is 5.91 Å². The van der Waals surface area contributed by atoms with Gasteiger partial charge in [0.05, 0.1) is 7.11 Å². The van der Waals surface area contributed by atoms with Crippen LogP contribution in [0.4, 0.5) is 5.13 Å². The van der Waals surface area contributed by atoms with Gasteiger partial charge in [-0.2, -0.15) is 0 Å². The van der Waals surface area contributed by atoms with Crippen LogP contribution in [-0.4, -0.2) is 29.5 Å². The zero-order chi connectivity index (χ0) is 16.4. The van der Waals surface area contributed by atoms with Crippen molar-refractivity contribution in [2.75, 3.05) is 18.7 Å². The SMILES string of the molecule is COc1ccc2oc(=O)c(C(=O)Nc3nnc(SC)s3)cc2c1. The number of thioether (sulfide) groups is 1. The van der Waals surface area contributed by atoms with E-state index >= 15 is 0 Å². The van der Waals surface area contributed by atoms with Crippen molar-refractivity contribution in [3.63, 3.8) is 0 Å². The van der Waals surface area contributed by atoms with Crippen molar-refractivity contribution in [3.05, 3.63) is 40.2 Å². The van der Waals surface area contributed by atoms with Gasteiger partial charge in [0.1, 0.15) is 16.9 Å². The Hall–Kier alpha value is -2.39. The van der Waals surface area contributed by atoms with Crippen LogP contribution in [-0.2, 0) is 0 Å². The van der Waals surface area contributed by atoms with Crippen LogP contribution in [0, 0.1) is 0 Å². The molecule has 0 aliphatic heterocycles. The minimum Gasteiger partial charge on any atom is -0.497 e. The van der Waals surface area contributed by atoms with E-state index in [0.717, 1.165) is 4.34 Å². The van der Waals surface area contributed by atoms with Crippen LogP contribution in [0.5, 0.6) is 5.75 Å². The number of aromatic nitrogens is 2. The molecule has 118 valence electrons. The molecule has 0 aliphatic rings. The lowest BCUT2D eigenvalue weighted by Gasteiger charge is -2.04. The first-order valence-electron chi connectivity index (χ1n) is 6.41. The highest BCUT2D eigenvalue weighted by Crippen LogP contribution is 2.24. The predicted octanol–water partition coefficient (Wildman–Crippen LogP) is 2.63. The Kier molecular flexibility index (Phi) is 4.30. The van der Waals surface area contributed by atoms with E-state index in [0.29, 0.717) is 21.9 Å². The van der Waals surface area contributed by atoms with Crippen molar-refractivity contribution < 1.29 is 13.9 Å². The maximum absolute atomic E-state index is 12.3. The van der Waals surface area contributed by atoms with E-state index in [-0.39, 0.29) is 5.56 Å². The molecule has 3 aromatic rings. The van der Waals surface area contributed by atoms with E-state index in [2.05, 4.69) is 15.5 Å². The summed E-state index contributed by atoms with van der Waals surface area (Å²) in [4.78, 5) is 24.2. The molecule has 0 unspecified atom stereocenters. The number of fused-ring (bicyclic) bond motifs is 1. The fraction of sp³-hybridized carbons (Fsp3) is 0.143. The van der Waals surface area contributed by atoms with E-state index in [1.165, 1.54) is 36.3 Å². The van der Waals surface area contributed by atoms with Crippen LogP contribution in [0.25, 0.3) is 11.0 Å². The monoisotopic (exact) mass is 349 g/mol. The lowest BCUT2D eigenvalue weighted by Crippen LogP contribution is -2.20. The second-order valence-corrected chi connectivity index (χ2v) is 6.41. The Balaban J connectivity index is 1.95. The number of anilines is 1.